The van der Waals surface area contributed by atoms with Crippen molar-refractivity contribution in [1.82, 2.24) is 4.98 Å². The van der Waals surface area contributed by atoms with Gasteiger partial charge in [-0.05, 0) is 19.9 Å². The van der Waals surface area contributed by atoms with E-state index in [1.807, 2.05) is 6.07 Å². The summed E-state index contributed by atoms with van der Waals surface area (Å²) in [6.45, 7) is 5.36. The van der Waals surface area contributed by atoms with E-state index >= 15 is 0 Å². The summed E-state index contributed by atoms with van der Waals surface area (Å²) in [5.41, 5.74) is -0.175. The minimum absolute atomic E-state index is 0.0212. The molecule has 22 heavy (non-hydrogen) atoms. The van der Waals surface area contributed by atoms with E-state index in [1.165, 1.54) is 6.20 Å². The van der Waals surface area contributed by atoms with Gasteiger partial charge in [0.05, 0.1) is 42.1 Å². The lowest BCUT2D eigenvalue weighted by Gasteiger charge is -2.35. The number of aliphatic hydroxyl groups is 1. The number of β-amino-alcohol motifs (C(OH)–C–C–N with tert-alkyl or cyclic N) is 1. The van der Waals surface area contributed by atoms with Crippen molar-refractivity contribution in [3.8, 4) is 0 Å². The van der Waals surface area contributed by atoms with Gasteiger partial charge in [-0.25, -0.2) is 4.98 Å². The van der Waals surface area contributed by atoms with Crippen LogP contribution in [-0.2, 0) is 9.53 Å². The van der Waals surface area contributed by atoms with Gasteiger partial charge >= 0.3 is 0 Å². The summed E-state index contributed by atoms with van der Waals surface area (Å²) < 4.78 is 5.51. The van der Waals surface area contributed by atoms with E-state index in [4.69, 9.17) is 16.3 Å². The number of aromatic nitrogens is 1. The second-order valence-electron chi connectivity index (χ2n) is 6.41. The SMILES string of the molecule is CC(C)(O)CN1C(=O)C[C@@H]2COCCN2c2cc(Cl)cnc21. The maximum Gasteiger partial charge on any atom is 0.230 e. The summed E-state index contributed by atoms with van der Waals surface area (Å²) in [4.78, 5) is 20.7. The van der Waals surface area contributed by atoms with Crippen LogP contribution in [0.15, 0.2) is 12.3 Å². The normalized spacial score (nSPS) is 22.2. The van der Waals surface area contributed by atoms with Crippen molar-refractivity contribution in [2.75, 3.05) is 36.1 Å². The number of morpholine rings is 1. The summed E-state index contributed by atoms with van der Waals surface area (Å²) >= 11 is 6.11. The maximum absolute atomic E-state index is 12.7. The zero-order valence-corrected chi connectivity index (χ0v) is 13.5. The van der Waals surface area contributed by atoms with Crippen LogP contribution in [0.3, 0.4) is 0 Å². The number of ether oxygens (including phenoxy) is 1. The van der Waals surface area contributed by atoms with Gasteiger partial charge in [0.1, 0.15) is 0 Å². The molecule has 0 radical (unpaired) electrons. The largest absolute Gasteiger partial charge is 0.389 e. The summed E-state index contributed by atoms with van der Waals surface area (Å²) in [6, 6.07) is 1.81. The zero-order valence-electron chi connectivity index (χ0n) is 12.8. The molecule has 3 rings (SSSR count). The molecule has 1 saturated heterocycles. The number of carbonyl (C=O) groups excluding carboxylic acids is 1. The number of halogens is 1. The first kappa shape index (κ1) is 15.5. The van der Waals surface area contributed by atoms with Gasteiger partial charge in [0, 0.05) is 19.2 Å². The molecule has 0 bridgehead atoms. The molecular weight excluding hydrogens is 306 g/mol. The molecule has 6 nitrogen and oxygen atoms in total. The third-order valence-electron chi connectivity index (χ3n) is 3.86. The Morgan fingerprint density at radius 1 is 1.55 bits per heavy atom. The Balaban J connectivity index is 2.07. The molecule has 1 aromatic rings. The van der Waals surface area contributed by atoms with Crippen LogP contribution in [0.1, 0.15) is 20.3 Å². The van der Waals surface area contributed by atoms with Gasteiger partial charge in [-0.2, -0.15) is 0 Å². The van der Waals surface area contributed by atoms with Crippen molar-refractivity contribution in [3.05, 3.63) is 17.3 Å². The Hall–Kier alpha value is -1.37. The number of carbonyl (C=O) groups is 1. The number of hydrogen-bond donors (Lipinski definition) is 1. The Morgan fingerprint density at radius 2 is 2.32 bits per heavy atom. The molecule has 0 spiro atoms. The van der Waals surface area contributed by atoms with Gasteiger partial charge in [-0.1, -0.05) is 11.6 Å². The lowest BCUT2D eigenvalue weighted by molar-refractivity contribution is -0.120. The van der Waals surface area contributed by atoms with Crippen LogP contribution in [0, 0.1) is 0 Å². The second kappa shape index (κ2) is 5.68. The molecular formula is C15H20ClN3O3. The number of nitrogens with zero attached hydrogens (tertiary/aromatic N) is 3. The lowest BCUT2D eigenvalue weighted by Crippen LogP contribution is -2.46. The number of pyridine rings is 1. The number of hydrogen-bond acceptors (Lipinski definition) is 5. The van der Waals surface area contributed by atoms with Crippen LogP contribution < -0.4 is 9.80 Å². The van der Waals surface area contributed by atoms with E-state index in [0.717, 1.165) is 5.69 Å². The summed E-state index contributed by atoms with van der Waals surface area (Å²) in [7, 11) is 0. The summed E-state index contributed by atoms with van der Waals surface area (Å²) in [5.74, 6) is 0.497. The first-order valence-corrected chi connectivity index (χ1v) is 7.75. The quantitative estimate of drug-likeness (QED) is 0.891. The molecule has 2 aliphatic rings. The molecule has 0 unspecified atom stereocenters. The molecule has 1 fully saturated rings. The molecule has 2 aliphatic heterocycles. The Labute approximate surface area is 134 Å². The van der Waals surface area contributed by atoms with Crippen molar-refractivity contribution in [2.24, 2.45) is 0 Å². The first-order chi connectivity index (χ1) is 10.3. The van der Waals surface area contributed by atoms with Gasteiger partial charge in [0.2, 0.25) is 5.91 Å². The predicted molar refractivity (Wildman–Crippen MR) is 84.5 cm³/mol. The summed E-state index contributed by atoms with van der Waals surface area (Å²) in [6.07, 6.45) is 1.87. The number of rotatable bonds is 2. The van der Waals surface area contributed by atoms with E-state index in [1.54, 1.807) is 18.7 Å². The predicted octanol–water partition coefficient (Wildman–Crippen LogP) is 1.45. The highest BCUT2D eigenvalue weighted by Gasteiger charge is 2.37. The fourth-order valence-electron chi connectivity index (χ4n) is 2.96. The zero-order chi connectivity index (χ0) is 15.9. The van der Waals surface area contributed by atoms with Crippen LogP contribution in [0.2, 0.25) is 5.02 Å². The van der Waals surface area contributed by atoms with Gasteiger partial charge in [0.15, 0.2) is 5.82 Å². The van der Waals surface area contributed by atoms with Crippen LogP contribution in [0.5, 0.6) is 0 Å². The van der Waals surface area contributed by atoms with Gasteiger partial charge in [0.25, 0.3) is 0 Å². The molecule has 1 amide bonds. The van der Waals surface area contributed by atoms with Crippen LogP contribution >= 0.6 is 11.6 Å². The lowest BCUT2D eigenvalue weighted by atomic mass is 10.1. The molecule has 0 saturated carbocycles. The number of anilines is 2. The van der Waals surface area contributed by atoms with Crippen molar-refractivity contribution in [1.29, 1.82) is 0 Å². The maximum atomic E-state index is 12.7. The van der Waals surface area contributed by atoms with Crippen molar-refractivity contribution >= 4 is 29.0 Å². The van der Waals surface area contributed by atoms with E-state index in [9.17, 15) is 9.90 Å². The second-order valence-corrected chi connectivity index (χ2v) is 6.85. The molecule has 1 aromatic heterocycles. The highest BCUT2D eigenvalue weighted by molar-refractivity contribution is 6.30. The average Bonchev–Trinajstić information content (AvgIpc) is 2.54. The molecule has 3 heterocycles. The van der Waals surface area contributed by atoms with E-state index in [2.05, 4.69) is 9.88 Å². The third-order valence-corrected chi connectivity index (χ3v) is 4.07. The molecule has 0 aliphatic carbocycles. The topological polar surface area (TPSA) is 65.9 Å². The number of amides is 1. The van der Waals surface area contributed by atoms with Crippen molar-refractivity contribution < 1.29 is 14.6 Å². The standard InChI is InChI=1S/C15H20ClN3O3/c1-15(2,21)9-19-13(20)6-11-8-22-4-3-18(11)12-5-10(16)7-17-14(12)19/h5,7,11,21H,3-4,6,8-9H2,1-2H3/t11-/m1/s1. The fraction of sp³-hybridized carbons (Fsp3) is 0.600. The van der Waals surface area contributed by atoms with Crippen molar-refractivity contribution in [3.63, 3.8) is 0 Å². The minimum atomic E-state index is -1.00. The molecule has 1 N–H and O–H groups in total. The Kier molecular flexibility index (Phi) is 4.01. The molecule has 0 aromatic carbocycles. The van der Waals surface area contributed by atoms with Crippen LogP contribution in [0.4, 0.5) is 11.5 Å². The van der Waals surface area contributed by atoms with E-state index < -0.39 is 5.60 Å². The summed E-state index contributed by atoms with van der Waals surface area (Å²) in [5, 5.41) is 10.7. The number of fused-ring (bicyclic) bond motifs is 3. The smallest absolute Gasteiger partial charge is 0.230 e. The monoisotopic (exact) mass is 325 g/mol. The average molecular weight is 326 g/mol. The van der Waals surface area contributed by atoms with Gasteiger partial charge in [-0.15, -0.1) is 0 Å². The Morgan fingerprint density at radius 3 is 3.05 bits per heavy atom. The minimum Gasteiger partial charge on any atom is -0.389 e. The third kappa shape index (κ3) is 3.04. The van der Waals surface area contributed by atoms with Crippen molar-refractivity contribution in [2.45, 2.75) is 31.9 Å². The first-order valence-electron chi connectivity index (χ1n) is 7.38. The highest BCUT2D eigenvalue weighted by atomic mass is 35.5. The molecule has 120 valence electrons. The van der Waals surface area contributed by atoms with E-state index in [0.29, 0.717) is 37.0 Å². The van der Waals surface area contributed by atoms with Gasteiger partial charge < -0.3 is 14.7 Å². The fourth-order valence-corrected chi connectivity index (χ4v) is 3.11. The van der Waals surface area contributed by atoms with Crippen LogP contribution in [-0.4, -0.2) is 53.9 Å². The van der Waals surface area contributed by atoms with Crippen LogP contribution in [0.25, 0.3) is 0 Å². The van der Waals surface area contributed by atoms with E-state index in [-0.39, 0.29) is 18.5 Å². The highest BCUT2D eigenvalue weighted by Crippen LogP contribution is 2.36. The van der Waals surface area contributed by atoms with Gasteiger partial charge in [-0.3, -0.25) is 9.69 Å². The Bertz CT molecular complexity index is 588. The molecule has 7 heteroatoms. The molecule has 1 atom stereocenters.